The van der Waals surface area contributed by atoms with Gasteiger partial charge in [0.05, 0.1) is 13.0 Å². The first-order valence-corrected chi connectivity index (χ1v) is 7.93. The van der Waals surface area contributed by atoms with Gasteiger partial charge in [0.2, 0.25) is 5.91 Å². The van der Waals surface area contributed by atoms with Crippen molar-refractivity contribution in [3.8, 4) is 0 Å². The molecule has 0 saturated heterocycles. The summed E-state index contributed by atoms with van der Waals surface area (Å²) in [5.74, 6) is -2.06. The summed E-state index contributed by atoms with van der Waals surface area (Å²) in [6.07, 6.45) is 0.0446. The smallest absolute Gasteiger partial charge is 0.326 e. The first kappa shape index (κ1) is 18.4. The van der Waals surface area contributed by atoms with E-state index in [2.05, 4.69) is 27.9 Å². The predicted octanol–water partition coefficient (Wildman–Crippen LogP) is 1.75. The van der Waals surface area contributed by atoms with Crippen LogP contribution in [0, 0.1) is 3.57 Å². The lowest BCUT2D eigenvalue weighted by Gasteiger charge is -2.15. The zero-order valence-corrected chi connectivity index (χ0v) is 14.3. The number of esters is 1. The molecule has 1 atom stereocenters. The number of rotatable bonds is 8. The molecule has 0 aromatic heterocycles. The van der Waals surface area contributed by atoms with Crippen molar-refractivity contribution in [3.63, 3.8) is 0 Å². The maximum Gasteiger partial charge on any atom is 0.326 e. The second-order valence-corrected chi connectivity index (χ2v) is 5.72. The number of carbonyl (C=O) groups is 3. The summed E-state index contributed by atoms with van der Waals surface area (Å²) in [7, 11) is 0. The molecule has 1 rings (SSSR count). The van der Waals surface area contributed by atoms with Crippen molar-refractivity contribution in [1.29, 1.82) is 0 Å². The van der Waals surface area contributed by atoms with Crippen molar-refractivity contribution in [2.24, 2.45) is 0 Å². The van der Waals surface area contributed by atoms with Gasteiger partial charge in [-0.15, -0.1) is 0 Å². The maximum absolute atomic E-state index is 11.8. The highest BCUT2D eigenvalue weighted by molar-refractivity contribution is 14.1. The lowest BCUT2D eigenvalue weighted by atomic mass is 10.1. The van der Waals surface area contributed by atoms with Gasteiger partial charge in [0.1, 0.15) is 6.04 Å². The standard InChI is InChI=1S/C15H18INO5/c1-2-22-14(19)8-7-13(18)17-12(15(20)21)9-10-5-3-4-6-11(10)16/h3-6,12H,2,7-9H2,1H3,(H,17,18)(H,20,21)/t12-/m1/s1. The van der Waals surface area contributed by atoms with E-state index < -0.39 is 23.9 Å². The van der Waals surface area contributed by atoms with Gasteiger partial charge in [0, 0.05) is 16.4 Å². The number of hydrogen-bond donors (Lipinski definition) is 2. The molecule has 0 fully saturated rings. The first-order valence-electron chi connectivity index (χ1n) is 6.85. The average molecular weight is 419 g/mol. The van der Waals surface area contributed by atoms with E-state index in [-0.39, 0.29) is 25.9 Å². The number of benzene rings is 1. The summed E-state index contributed by atoms with van der Waals surface area (Å²) in [4.78, 5) is 34.2. The van der Waals surface area contributed by atoms with Crippen molar-refractivity contribution < 1.29 is 24.2 Å². The molecule has 0 radical (unpaired) electrons. The lowest BCUT2D eigenvalue weighted by Crippen LogP contribution is -2.42. The normalized spacial score (nSPS) is 11.5. The number of carbonyl (C=O) groups excluding carboxylic acids is 2. The summed E-state index contributed by atoms with van der Waals surface area (Å²) >= 11 is 2.12. The Morgan fingerprint density at radius 3 is 2.55 bits per heavy atom. The van der Waals surface area contributed by atoms with Crippen LogP contribution in [-0.4, -0.2) is 35.6 Å². The third-order valence-corrected chi connectivity index (χ3v) is 3.93. The van der Waals surface area contributed by atoms with Crippen LogP contribution in [0.3, 0.4) is 0 Å². The van der Waals surface area contributed by atoms with Gasteiger partial charge in [0.15, 0.2) is 0 Å². The Labute approximate surface area is 142 Å². The molecular weight excluding hydrogens is 401 g/mol. The van der Waals surface area contributed by atoms with Crippen LogP contribution >= 0.6 is 22.6 Å². The van der Waals surface area contributed by atoms with Crippen LogP contribution in [0.2, 0.25) is 0 Å². The molecule has 6 nitrogen and oxygen atoms in total. The van der Waals surface area contributed by atoms with Gasteiger partial charge in [-0.3, -0.25) is 9.59 Å². The molecule has 1 amide bonds. The zero-order chi connectivity index (χ0) is 16.5. The van der Waals surface area contributed by atoms with E-state index >= 15 is 0 Å². The second kappa shape index (κ2) is 9.39. The van der Waals surface area contributed by atoms with E-state index in [0.29, 0.717) is 0 Å². The quantitative estimate of drug-likeness (QED) is 0.495. The Hall–Kier alpha value is -1.64. The molecule has 120 valence electrons. The third-order valence-electron chi connectivity index (χ3n) is 2.88. The Morgan fingerprint density at radius 1 is 1.27 bits per heavy atom. The monoisotopic (exact) mass is 419 g/mol. The molecule has 0 unspecified atom stereocenters. The number of halogens is 1. The van der Waals surface area contributed by atoms with Crippen LogP contribution in [0.25, 0.3) is 0 Å². The molecule has 1 aromatic carbocycles. The SMILES string of the molecule is CCOC(=O)CCC(=O)N[C@H](Cc1ccccc1I)C(=O)O. The predicted molar refractivity (Wildman–Crippen MR) is 88.3 cm³/mol. The fraction of sp³-hybridized carbons (Fsp3) is 0.400. The fourth-order valence-corrected chi connectivity index (χ4v) is 2.41. The first-order chi connectivity index (χ1) is 10.4. The molecule has 0 bridgehead atoms. The van der Waals surface area contributed by atoms with Crippen molar-refractivity contribution in [2.45, 2.75) is 32.2 Å². The molecule has 7 heteroatoms. The Kier molecular flexibility index (Phi) is 7.86. The minimum absolute atomic E-state index is 0.0606. The maximum atomic E-state index is 11.8. The number of nitrogens with one attached hydrogen (secondary N) is 1. The molecule has 0 heterocycles. The number of hydrogen-bond acceptors (Lipinski definition) is 4. The number of carboxylic acid groups (broad SMARTS) is 1. The van der Waals surface area contributed by atoms with Gasteiger partial charge in [-0.25, -0.2) is 4.79 Å². The van der Waals surface area contributed by atoms with E-state index in [1.165, 1.54) is 0 Å². The van der Waals surface area contributed by atoms with Crippen LogP contribution in [0.15, 0.2) is 24.3 Å². The third kappa shape index (κ3) is 6.42. The van der Waals surface area contributed by atoms with E-state index in [0.717, 1.165) is 9.13 Å². The van der Waals surface area contributed by atoms with Gasteiger partial charge in [-0.05, 0) is 41.1 Å². The number of carboxylic acids is 1. The average Bonchev–Trinajstić information content (AvgIpc) is 2.47. The van der Waals surface area contributed by atoms with Crippen LogP contribution < -0.4 is 5.32 Å². The minimum atomic E-state index is -1.11. The molecular formula is C15H18INO5. The highest BCUT2D eigenvalue weighted by Gasteiger charge is 2.21. The highest BCUT2D eigenvalue weighted by Crippen LogP contribution is 2.13. The Bertz CT molecular complexity index is 546. The topological polar surface area (TPSA) is 92.7 Å². The number of ether oxygens (including phenoxy) is 1. The molecule has 0 saturated carbocycles. The van der Waals surface area contributed by atoms with E-state index in [1.807, 2.05) is 24.3 Å². The summed E-state index contributed by atoms with van der Waals surface area (Å²) in [6, 6.07) is 6.35. The molecule has 1 aromatic rings. The van der Waals surface area contributed by atoms with E-state index in [1.54, 1.807) is 6.92 Å². The molecule has 0 aliphatic heterocycles. The molecule has 0 aliphatic rings. The van der Waals surface area contributed by atoms with Crippen LogP contribution in [-0.2, 0) is 25.5 Å². The Balaban J connectivity index is 2.58. The highest BCUT2D eigenvalue weighted by atomic mass is 127. The largest absolute Gasteiger partial charge is 0.480 e. The van der Waals surface area contributed by atoms with Gasteiger partial charge in [0.25, 0.3) is 0 Å². The number of aliphatic carboxylic acids is 1. The minimum Gasteiger partial charge on any atom is -0.480 e. The summed E-state index contributed by atoms with van der Waals surface area (Å²) in [5, 5.41) is 11.7. The van der Waals surface area contributed by atoms with E-state index in [9.17, 15) is 19.5 Å². The summed E-state index contributed by atoms with van der Waals surface area (Å²) in [6.45, 7) is 1.94. The second-order valence-electron chi connectivity index (χ2n) is 4.56. The summed E-state index contributed by atoms with van der Waals surface area (Å²) < 4.78 is 5.66. The van der Waals surface area contributed by atoms with Crippen molar-refractivity contribution in [2.75, 3.05) is 6.61 Å². The molecule has 0 spiro atoms. The fourth-order valence-electron chi connectivity index (χ4n) is 1.80. The van der Waals surface area contributed by atoms with Crippen LogP contribution in [0.1, 0.15) is 25.3 Å². The van der Waals surface area contributed by atoms with Gasteiger partial charge >= 0.3 is 11.9 Å². The van der Waals surface area contributed by atoms with Crippen LogP contribution in [0.4, 0.5) is 0 Å². The van der Waals surface area contributed by atoms with Gasteiger partial charge < -0.3 is 15.2 Å². The molecule has 0 aliphatic carbocycles. The number of amides is 1. The molecule has 2 N–H and O–H groups in total. The lowest BCUT2D eigenvalue weighted by molar-refractivity contribution is -0.144. The van der Waals surface area contributed by atoms with Gasteiger partial charge in [-0.2, -0.15) is 0 Å². The van der Waals surface area contributed by atoms with Crippen LogP contribution in [0.5, 0.6) is 0 Å². The Morgan fingerprint density at radius 2 is 1.95 bits per heavy atom. The van der Waals surface area contributed by atoms with Gasteiger partial charge in [-0.1, -0.05) is 18.2 Å². The van der Waals surface area contributed by atoms with Crippen molar-refractivity contribution in [3.05, 3.63) is 33.4 Å². The van der Waals surface area contributed by atoms with Crippen molar-refractivity contribution >= 4 is 40.4 Å². The zero-order valence-electron chi connectivity index (χ0n) is 12.2. The summed E-state index contributed by atoms with van der Waals surface area (Å²) in [5.41, 5.74) is 0.848. The van der Waals surface area contributed by atoms with Crippen molar-refractivity contribution in [1.82, 2.24) is 5.32 Å². The van der Waals surface area contributed by atoms with E-state index in [4.69, 9.17) is 4.74 Å². The molecule has 22 heavy (non-hydrogen) atoms.